The molecule has 0 heterocycles. The molecule has 4 nitrogen and oxygen atoms in total. The Morgan fingerprint density at radius 2 is 1.62 bits per heavy atom. The van der Waals surface area contributed by atoms with Crippen LogP contribution in [0.4, 0.5) is 11.4 Å². The number of rotatable bonds is 5. The van der Waals surface area contributed by atoms with Crippen molar-refractivity contribution in [1.82, 2.24) is 0 Å². The molecule has 0 amide bonds. The van der Waals surface area contributed by atoms with Crippen LogP contribution in [0.25, 0.3) is 0 Å². The Bertz CT molecular complexity index is 667. The van der Waals surface area contributed by atoms with Gasteiger partial charge in [-0.2, -0.15) is 0 Å². The molecule has 0 unspecified atom stereocenters. The van der Waals surface area contributed by atoms with Gasteiger partial charge in [0.25, 0.3) is 0 Å². The lowest BCUT2D eigenvalue weighted by Crippen LogP contribution is -2.12. The van der Waals surface area contributed by atoms with Gasteiger partial charge >= 0.3 is 5.97 Å². The third-order valence-electron chi connectivity index (χ3n) is 2.58. The van der Waals surface area contributed by atoms with Crippen LogP contribution in [0.3, 0.4) is 0 Å². The van der Waals surface area contributed by atoms with Gasteiger partial charge in [0.2, 0.25) is 0 Å². The number of nitrogens with one attached hydrogen (secondary N) is 1. The van der Waals surface area contributed by atoms with E-state index in [-0.39, 0.29) is 5.70 Å². The molecule has 0 aliphatic rings. The number of benzene rings is 2. The first-order chi connectivity index (χ1) is 10.2. The molecule has 0 aromatic heterocycles. The molecule has 5 heteroatoms. The Hall–Kier alpha value is -2.40. The molecular formula is C16H13BrN2O2. The highest BCUT2D eigenvalue weighted by Crippen LogP contribution is 2.17. The zero-order valence-corrected chi connectivity index (χ0v) is 12.6. The molecule has 0 aliphatic carbocycles. The summed E-state index contributed by atoms with van der Waals surface area (Å²) >= 11 is 3.25. The number of hydrogen-bond donors (Lipinski definition) is 2. The summed E-state index contributed by atoms with van der Waals surface area (Å²) in [7, 11) is 0. The van der Waals surface area contributed by atoms with E-state index in [0.717, 1.165) is 5.69 Å². The first kappa shape index (κ1) is 15.0. The van der Waals surface area contributed by atoms with Gasteiger partial charge in [0.15, 0.2) is 0 Å². The summed E-state index contributed by atoms with van der Waals surface area (Å²) in [6.45, 7) is 0. The highest BCUT2D eigenvalue weighted by atomic mass is 79.9. The minimum atomic E-state index is -1.06. The quantitative estimate of drug-likeness (QED) is 0.631. The summed E-state index contributed by atoms with van der Waals surface area (Å²) in [5.74, 6) is -1.06. The van der Waals surface area contributed by atoms with Crippen LogP contribution in [0.2, 0.25) is 0 Å². The molecule has 0 aliphatic heterocycles. The lowest BCUT2D eigenvalue weighted by atomic mass is 10.3. The lowest BCUT2D eigenvalue weighted by Gasteiger charge is -2.07. The average molecular weight is 345 g/mol. The normalized spacial score (nSPS) is 12.0. The molecule has 2 N–H and O–H groups in total. The van der Waals surface area contributed by atoms with Crippen LogP contribution >= 0.6 is 15.9 Å². The van der Waals surface area contributed by atoms with E-state index >= 15 is 0 Å². The number of hydrogen-bond acceptors (Lipinski definition) is 3. The highest BCUT2D eigenvalue weighted by Gasteiger charge is 2.11. The van der Waals surface area contributed by atoms with Crippen molar-refractivity contribution < 1.29 is 9.90 Å². The SMILES string of the molecule is O=C(O)/C(Nc1ccccc1)=C(\Br)C=Nc1ccccc1. The predicted molar refractivity (Wildman–Crippen MR) is 88.2 cm³/mol. The van der Waals surface area contributed by atoms with Crippen molar-refractivity contribution in [2.45, 2.75) is 0 Å². The molecule has 0 bridgehead atoms. The van der Waals surface area contributed by atoms with Gasteiger partial charge < -0.3 is 10.4 Å². The molecule has 0 saturated heterocycles. The Morgan fingerprint density at radius 1 is 1.05 bits per heavy atom. The Labute approximate surface area is 131 Å². The summed E-state index contributed by atoms with van der Waals surface area (Å²) in [6.07, 6.45) is 1.47. The summed E-state index contributed by atoms with van der Waals surface area (Å²) in [6, 6.07) is 18.4. The van der Waals surface area contributed by atoms with E-state index < -0.39 is 5.97 Å². The van der Waals surface area contributed by atoms with Crippen molar-refractivity contribution in [3.8, 4) is 0 Å². The molecule has 0 atom stereocenters. The molecule has 21 heavy (non-hydrogen) atoms. The number of allylic oxidation sites excluding steroid dienone is 1. The zero-order valence-electron chi connectivity index (χ0n) is 11.0. The number of nitrogens with zero attached hydrogens (tertiary/aromatic N) is 1. The number of para-hydroxylation sites is 2. The molecule has 0 saturated carbocycles. The first-order valence-electron chi connectivity index (χ1n) is 6.21. The van der Waals surface area contributed by atoms with Gasteiger partial charge in [0, 0.05) is 11.9 Å². The lowest BCUT2D eigenvalue weighted by molar-refractivity contribution is -0.132. The van der Waals surface area contributed by atoms with Crippen molar-refractivity contribution in [3.63, 3.8) is 0 Å². The summed E-state index contributed by atoms with van der Waals surface area (Å²) in [4.78, 5) is 15.6. The Morgan fingerprint density at radius 3 is 2.19 bits per heavy atom. The second-order valence-corrected chi connectivity index (χ2v) is 4.97. The van der Waals surface area contributed by atoms with Crippen molar-refractivity contribution in [3.05, 3.63) is 70.8 Å². The Balaban J connectivity index is 2.23. The number of aliphatic carboxylic acids is 1. The van der Waals surface area contributed by atoms with Gasteiger partial charge in [0.1, 0.15) is 5.70 Å². The standard InChI is InChI=1S/C16H13BrN2O2/c17-14(11-18-12-7-3-1-4-8-12)15(16(20)21)19-13-9-5-2-6-10-13/h1-11,19H,(H,20,21)/b15-14+,18-11?. The third kappa shape index (κ3) is 4.57. The maximum atomic E-state index is 11.3. The van der Waals surface area contributed by atoms with Gasteiger partial charge in [-0.15, -0.1) is 0 Å². The van der Waals surface area contributed by atoms with Crippen LogP contribution in [0.15, 0.2) is 75.8 Å². The zero-order chi connectivity index (χ0) is 15.1. The van der Waals surface area contributed by atoms with E-state index in [9.17, 15) is 9.90 Å². The van der Waals surface area contributed by atoms with E-state index in [2.05, 4.69) is 26.2 Å². The number of aliphatic imine (C=N–C) groups is 1. The second-order valence-electron chi connectivity index (χ2n) is 4.11. The molecule has 0 spiro atoms. The summed E-state index contributed by atoms with van der Waals surface area (Å²) in [5, 5.41) is 12.1. The van der Waals surface area contributed by atoms with Crippen LogP contribution < -0.4 is 5.32 Å². The van der Waals surface area contributed by atoms with Crippen molar-refractivity contribution in [2.75, 3.05) is 5.32 Å². The maximum absolute atomic E-state index is 11.3. The van der Waals surface area contributed by atoms with Crippen LogP contribution in [0, 0.1) is 0 Å². The fraction of sp³-hybridized carbons (Fsp3) is 0. The Kier molecular flexibility index (Phi) is 5.29. The smallest absolute Gasteiger partial charge is 0.353 e. The van der Waals surface area contributed by atoms with E-state index in [4.69, 9.17) is 0 Å². The molecule has 0 fully saturated rings. The van der Waals surface area contributed by atoms with Crippen molar-refractivity contribution in [2.24, 2.45) is 4.99 Å². The van der Waals surface area contributed by atoms with Crippen molar-refractivity contribution in [1.29, 1.82) is 0 Å². The molecule has 2 rings (SSSR count). The molecule has 2 aromatic carbocycles. The summed E-state index contributed by atoms with van der Waals surface area (Å²) < 4.78 is 0.364. The number of carbonyl (C=O) groups is 1. The predicted octanol–water partition coefficient (Wildman–Crippen LogP) is 4.19. The van der Waals surface area contributed by atoms with E-state index in [1.807, 2.05) is 48.5 Å². The topological polar surface area (TPSA) is 61.7 Å². The highest BCUT2D eigenvalue weighted by molar-refractivity contribution is 9.12. The van der Waals surface area contributed by atoms with Crippen LogP contribution in [0.5, 0.6) is 0 Å². The summed E-state index contributed by atoms with van der Waals surface area (Å²) in [5.41, 5.74) is 1.47. The van der Waals surface area contributed by atoms with E-state index in [0.29, 0.717) is 10.2 Å². The molecule has 0 radical (unpaired) electrons. The van der Waals surface area contributed by atoms with Gasteiger partial charge in [-0.25, -0.2) is 4.79 Å². The van der Waals surface area contributed by atoms with Gasteiger partial charge in [0.05, 0.1) is 10.2 Å². The van der Waals surface area contributed by atoms with Crippen LogP contribution in [-0.4, -0.2) is 17.3 Å². The largest absolute Gasteiger partial charge is 0.477 e. The third-order valence-corrected chi connectivity index (χ3v) is 3.18. The number of anilines is 1. The fourth-order valence-corrected chi connectivity index (χ4v) is 1.96. The number of carboxylic acids is 1. The first-order valence-corrected chi connectivity index (χ1v) is 7.00. The molecular weight excluding hydrogens is 332 g/mol. The van der Waals surface area contributed by atoms with Gasteiger partial charge in [-0.05, 0) is 40.2 Å². The van der Waals surface area contributed by atoms with Crippen LogP contribution in [0.1, 0.15) is 0 Å². The fourth-order valence-electron chi connectivity index (χ4n) is 1.59. The van der Waals surface area contributed by atoms with Crippen LogP contribution in [-0.2, 0) is 4.79 Å². The van der Waals surface area contributed by atoms with Gasteiger partial charge in [-0.3, -0.25) is 4.99 Å². The molecule has 106 valence electrons. The minimum Gasteiger partial charge on any atom is -0.477 e. The van der Waals surface area contributed by atoms with E-state index in [1.54, 1.807) is 12.1 Å². The van der Waals surface area contributed by atoms with Crippen molar-refractivity contribution >= 4 is 39.5 Å². The number of carboxylic acid groups (broad SMARTS) is 1. The van der Waals surface area contributed by atoms with Gasteiger partial charge in [-0.1, -0.05) is 36.4 Å². The second kappa shape index (κ2) is 7.40. The van der Waals surface area contributed by atoms with E-state index in [1.165, 1.54) is 6.21 Å². The minimum absolute atomic E-state index is 0.0286. The molecule has 2 aromatic rings. The maximum Gasteiger partial charge on any atom is 0.353 e. The number of halogens is 1. The average Bonchev–Trinajstić information content (AvgIpc) is 2.52. The monoisotopic (exact) mass is 344 g/mol.